The van der Waals surface area contributed by atoms with Crippen molar-refractivity contribution in [1.82, 2.24) is 0 Å². The highest BCUT2D eigenvalue weighted by Crippen LogP contribution is 2.38. The van der Waals surface area contributed by atoms with Crippen LogP contribution in [0.25, 0.3) is 0 Å². The Labute approximate surface area is 135 Å². The Morgan fingerprint density at radius 1 is 0.857 bits per heavy atom. The Kier molecular flexibility index (Phi) is 8.56. The molecule has 1 nitrogen and oxygen atoms in total. The molecule has 1 fully saturated rings. The van der Waals surface area contributed by atoms with Gasteiger partial charge < -0.3 is 4.74 Å². The van der Waals surface area contributed by atoms with E-state index in [4.69, 9.17) is 4.74 Å². The van der Waals surface area contributed by atoms with Crippen LogP contribution in [0.15, 0.2) is 0 Å². The highest BCUT2D eigenvalue weighted by molar-refractivity contribution is 6.80. The SMILES string of the molecule is CC(C)(C)[Si](C)(C)CCOCC1CCCCCCCCC1. The van der Waals surface area contributed by atoms with Crippen LogP contribution in [0.1, 0.15) is 78.6 Å². The molecule has 1 aliphatic carbocycles. The second-order valence-electron chi connectivity index (χ2n) is 8.88. The third-order valence-corrected chi connectivity index (χ3v) is 11.5. The Hall–Kier alpha value is 0.177. The second-order valence-corrected chi connectivity index (χ2v) is 14.6. The van der Waals surface area contributed by atoms with Crippen LogP contribution in [0, 0.1) is 5.92 Å². The fourth-order valence-electron chi connectivity index (χ4n) is 3.01. The quantitative estimate of drug-likeness (QED) is 0.408. The van der Waals surface area contributed by atoms with E-state index in [1.54, 1.807) is 0 Å². The van der Waals surface area contributed by atoms with Crippen molar-refractivity contribution in [2.45, 2.75) is 103 Å². The molecular weight excluding hydrogens is 272 g/mol. The highest BCUT2D eigenvalue weighted by Gasteiger charge is 2.34. The van der Waals surface area contributed by atoms with Crippen LogP contribution >= 0.6 is 0 Å². The first-order valence-corrected chi connectivity index (χ1v) is 12.6. The van der Waals surface area contributed by atoms with Gasteiger partial charge >= 0.3 is 0 Å². The van der Waals surface area contributed by atoms with Gasteiger partial charge in [0.15, 0.2) is 0 Å². The topological polar surface area (TPSA) is 9.23 Å². The Morgan fingerprint density at radius 2 is 1.33 bits per heavy atom. The minimum atomic E-state index is -1.15. The van der Waals surface area contributed by atoms with Gasteiger partial charge in [0.05, 0.1) is 8.07 Å². The first-order valence-electron chi connectivity index (χ1n) is 9.41. The summed E-state index contributed by atoms with van der Waals surface area (Å²) in [6.07, 6.45) is 12.9. The van der Waals surface area contributed by atoms with Gasteiger partial charge in [-0.15, -0.1) is 0 Å². The monoisotopic (exact) mass is 312 g/mol. The van der Waals surface area contributed by atoms with Crippen LogP contribution in [0.2, 0.25) is 24.2 Å². The van der Waals surface area contributed by atoms with Gasteiger partial charge in [-0.1, -0.05) is 78.8 Å². The molecule has 1 rings (SSSR count). The zero-order valence-corrected chi connectivity index (χ0v) is 16.5. The molecule has 2 heteroatoms. The molecule has 0 aromatic heterocycles. The van der Waals surface area contributed by atoms with E-state index in [0.29, 0.717) is 5.04 Å². The van der Waals surface area contributed by atoms with Gasteiger partial charge in [0, 0.05) is 13.2 Å². The van der Waals surface area contributed by atoms with Gasteiger partial charge in [0.2, 0.25) is 0 Å². The third kappa shape index (κ3) is 7.83. The first kappa shape index (κ1) is 19.2. The minimum absolute atomic E-state index is 0.493. The van der Waals surface area contributed by atoms with E-state index in [1.807, 2.05) is 0 Å². The second kappa shape index (κ2) is 9.35. The first-order chi connectivity index (χ1) is 9.83. The zero-order valence-electron chi connectivity index (χ0n) is 15.5. The number of ether oxygens (including phenoxy) is 1. The van der Waals surface area contributed by atoms with E-state index in [9.17, 15) is 0 Å². The van der Waals surface area contributed by atoms with E-state index in [0.717, 1.165) is 19.1 Å². The van der Waals surface area contributed by atoms with Gasteiger partial charge in [0.1, 0.15) is 0 Å². The van der Waals surface area contributed by atoms with Crippen molar-refractivity contribution < 1.29 is 4.74 Å². The number of rotatable bonds is 5. The molecule has 0 aromatic rings. The molecule has 0 saturated heterocycles. The molecule has 0 unspecified atom stereocenters. The maximum Gasteiger partial charge on any atom is 0.0550 e. The third-order valence-electron chi connectivity index (χ3n) is 5.98. The lowest BCUT2D eigenvalue weighted by molar-refractivity contribution is 0.0995. The summed E-state index contributed by atoms with van der Waals surface area (Å²) in [7, 11) is -1.15. The Balaban J connectivity index is 2.23. The summed E-state index contributed by atoms with van der Waals surface area (Å²) in [6.45, 7) is 14.3. The van der Waals surface area contributed by atoms with Crippen LogP contribution in [0.4, 0.5) is 0 Å². The molecule has 0 radical (unpaired) electrons. The number of hydrogen-bond donors (Lipinski definition) is 0. The summed E-state index contributed by atoms with van der Waals surface area (Å²) in [5, 5.41) is 0.493. The average molecular weight is 313 g/mol. The zero-order chi connectivity index (χ0) is 15.8. The average Bonchev–Trinajstić information content (AvgIpc) is 2.40. The van der Waals surface area contributed by atoms with Crippen molar-refractivity contribution in [2.75, 3.05) is 13.2 Å². The molecule has 0 atom stereocenters. The summed E-state index contributed by atoms with van der Waals surface area (Å²) >= 11 is 0. The van der Waals surface area contributed by atoms with Crippen LogP contribution < -0.4 is 0 Å². The minimum Gasteiger partial charge on any atom is -0.381 e. The van der Waals surface area contributed by atoms with E-state index in [1.165, 1.54) is 63.8 Å². The maximum atomic E-state index is 6.11. The van der Waals surface area contributed by atoms with E-state index >= 15 is 0 Å². The van der Waals surface area contributed by atoms with Crippen LogP contribution in [0.5, 0.6) is 0 Å². The van der Waals surface area contributed by atoms with E-state index in [2.05, 4.69) is 33.9 Å². The molecular formula is C19H40OSi. The van der Waals surface area contributed by atoms with Crippen molar-refractivity contribution in [3.05, 3.63) is 0 Å². The van der Waals surface area contributed by atoms with E-state index in [-0.39, 0.29) is 0 Å². The predicted octanol–water partition coefficient (Wildman–Crippen LogP) is 6.65. The predicted molar refractivity (Wildman–Crippen MR) is 97.9 cm³/mol. The van der Waals surface area contributed by atoms with Gasteiger partial charge in [-0.3, -0.25) is 0 Å². The standard InChI is InChI=1S/C19H40OSi/c1-19(2,3)21(4,5)16-15-20-17-18-13-11-9-7-6-8-10-12-14-18/h18H,6-17H2,1-5H3. The molecule has 1 saturated carbocycles. The highest BCUT2D eigenvalue weighted by atomic mass is 28.3. The normalized spacial score (nSPS) is 20.4. The Morgan fingerprint density at radius 3 is 1.81 bits per heavy atom. The van der Waals surface area contributed by atoms with Gasteiger partial charge in [-0.2, -0.15) is 0 Å². The molecule has 0 aliphatic heterocycles. The van der Waals surface area contributed by atoms with Gasteiger partial charge in [0.25, 0.3) is 0 Å². The Bertz CT molecular complexity index is 257. The lowest BCUT2D eigenvalue weighted by Gasteiger charge is -2.37. The molecule has 0 bridgehead atoms. The molecule has 21 heavy (non-hydrogen) atoms. The van der Waals surface area contributed by atoms with Crippen molar-refractivity contribution in [1.29, 1.82) is 0 Å². The van der Waals surface area contributed by atoms with Crippen molar-refractivity contribution in [2.24, 2.45) is 5.92 Å². The summed E-state index contributed by atoms with van der Waals surface area (Å²) in [4.78, 5) is 0. The van der Waals surface area contributed by atoms with Gasteiger partial charge in [-0.25, -0.2) is 0 Å². The molecule has 0 amide bonds. The fraction of sp³-hybridized carbons (Fsp3) is 1.00. The smallest absolute Gasteiger partial charge is 0.0550 e. The van der Waals surface area contributed by atoms with Gasteiger partial charge in [-0.05, 0) is 29.8 Å². The number of hydrogen-bond acceptors (Lipinski definition) is 1. The van der Waals surface area contributed by atoms with Crippen molar-refractivity contribution in [3.8, 4) is 0 Å². The molecule has 0 N–H and O–H groups in total. The largest absolute Gasteiger partial charge is 0.381 e. The van der Waals surface area contributed by atoms with Crippen molar-refractivity contribution >= 4 is 8.07 Å². The molecule has 126 valence electrons. The van der Waals surface area contributed by atoms with Crippen molar-refractivity contribution in [3.63, 3.8) is 0 Å². The molecule has 0 aromatic carbocycles. The van der Waals surface area contributed by atoms with Crippen LogP contribution in [-0.4, -0.2) is 21.3 Å². The summed E-state index contributed by atoms with van der Waals surface area (Å²) in [6, 6.07) is 1.31. The summed E-state index contributed by atoms with van der Waals surface area (Å²) in [5.74, 6) is 0.836. The van der Waals surface area contributed by atoms with Crippen LogP contribution in [0.3, 0.4) is 0 Å². The maximum absolute atomic E-state index is 6.11. The lowest BCUT2D eigenvalue weighted by atomic mass is 9.93. The molecule has 1 aliphatic rings. The molecule has 0 spiro atoms. The molecule has 0 heterocycles. The lowest BCUT2D eigenvalue weighted by Crippen LogP contribution is -2.38. The summed E-state index contributed by atoms with van der Waals surface area (Å²) < 4.78 is 6.11. The summed E-state index contributed by atoms with van der Waals surface area (Å²) in [5.41, 5.74) is 0. The van der Waals surface area contributed by atoms with E-state index < -0.39 is 8.07 Å². The van der Waals surface area contributed by atoms with Crippen LogP contribution in [-0.2, 0) is 4.74 Å². The fourth-order valence-corrected chi connectivity index (χ4v) is 4.42.